The maximum atomic E-state index is 10.9. The van der Waals surface area contributed by atoms with Gasteiger partial charge in [-0.05, 0) is 6.07 Å². The second-order valence-corrected chi connectivity index (χ2v) is 2.07. The maximum Gasteiger partial charge on any atom is 0.356 e. The summed E-state index contributed by atoms with van der Waals surface area (Å²) >= 11 is 0. The number of rotatable bonds is 3. The molecule has 5 heteroatoms. The molecule has 0 saturated heterocycles. The fourth-order valence-corrected chi connectivity index (χ4v) is 0.748. The van der Waals surface area contributed by atoms with Crippen molar-refractivity contribution in [2.24, 2.45) is 0 Å². The molecule has 0 aliphatic heterocycles. The Labute approximate surface area is 74.3 Å². The van der Waals surface area contributed by atoms with Crippen LogP contribution in [0.5, 0.6) is 5.88 Å². The molecule has 13 heavy (non-hydrogen) atoms. The summed E-state index contributed by atoms with van der Waals surface area (Å²) in [7, 11) is 1.25. The predicted molar refractivity (Wildman–Crippen MR) is 42.3 cm³/mol. The lowest BCUT2D eigenvalue weighted by Crippen LogP contribution is -2.05. The first kappa shape index (κ1) is 9.18. The van der Waals surface area contributed by atoms with E-state index in [1.165, 1.54) is 25.3 Å². The van der Waals surface area contributed by atoms with Gasteiger partial charge in [-0.3, -0.25) is 4.79 Å². The van der Waals surface area contributed by atoms with Crippen LogP contribution in [-0.4, -0.2) is 24.5 Å². The number of ether oxygens (including phenoxy) is 2. The average Bonchev–Trinajstić information content (AvgIpc) is 2.18. The lowest BCUT2D eigenvalue weighted by molar-refractivity contribution is -0.120. The van der Waals surface area contributed by atoms with Gasteiger partial charge in [-0.25, -0.2) is 9.78 Å². The Bertz CT molecular complexity index is 324. The molecule has 5 nitrogen and oxygen atoms in total. The Hall–Kier alpha value is -1.91. The van der Waals surface area contributed by atoms with Gasteiger partial charge >= 0.3 is 5.97 Å². The number of aromatic nitrogens is 1. The number of esters is 1. The summed E-state index contributed by atoms with van der Waals surface area (Å²) < 4.78 is 8.87. The molecular formula is C8H7NO4. The van der Waals surface area contributed by atoms with Crippen LogP contribution in [0.4, 0.5) is 0 Å². The second-order valence-electron chi connectivity index (χ2n) is 2.07. The number of carbonyl (C=O) groups excluding carboxylic acids is 2. The topological polar surface area (TPSA) is 65.5 Å². The van der Waals surface area contributed by atoms with Gasteiger partial charge in [-0.1, -0.05) is 6.07 Å². The van der Waals surface area contributed by atoms with Crippen LogP contribution in [-0.2, 0) is 9.53 Å². The molecule has 0 unspecified atom stereocenters. The first-order valence-corrected chi connectivity index (χ1v) is 3.43. The highest BCUT2D eigenvalue weighted by atomic mass is 16.5. The summed E-state index contributed by atoms with van der Waals surface area (Å²) in [5.74, 6) is -0.505. The van der Waals surface area contributed by atoms with Crippen molar-refractivity contribution in [2.75, 3.05) is 7.11 Å². The zero-order valence-electron chi connectivity index (χ0n) is 6.89. The summed E-state index contributed by atoms with van der Waals surface area (Å²) in [4.78, 5) is 24.6. The van der Waals surface area contributed by atoms with E-state index in [0.29, 0.717) is 0 Å². The van der Waals surface area contributed by atoms with Crippen LogP contribution in [0.2, 0.25) is 0 Å². The molecule has 0 saturated carbocycles. The summed E-state index contributed by atoms with van der Waals surface area (Å²) in [6.45, 7) is 0.239. The molecule has 0 N–H and O–H groups in total. The van der Waals surface area contributed by atoms with E-state index >= 15 is 0 Å². The molecule has 0 spiro atoms. The van der Waals surface area contributed by atoms with E-state index in [2.05, 4.69) is 14.5 Å². The molecule has 0 bridgehead atoms. The van der Waals surface area contributed by atoms with Crippen LogP contribution in [0.1, 0.15) is 10.5 Å². The van der Waals surface area contributed by atoms with Gasteiger partial charge in [0.15, 0.2) is 5.69 Å². The van der Waals surface area contributed by atoms with Crippen molar-refractivity contribution in [3.8, 4) is 5.88 Å². The lowest BCUT2D eigenvalue weighted by atomic mass is 10.3. The van der Waals surface area contributed by atoms with E-state index in [1.807, 2.05) is 0 Å². The van der Waals surface area contributed by atoms with Crippen LogP contribution >= 0.6 is 0 Å². The molecule has 1 rings (SSSR count). The van der Waals surface area contributed by atoms with E-state index < -0.39 is 5.97 Å². The van der Waals surface area contributed by atoms with Crippen molar-refractivity contribution in [3.63, 3.8) is 0 Å². The summed E-state index contributed by atoms with van der Waals surface area (Å²) in [5.41, 5.74) is 0.0989. The normalized spacial score (nSPS) is 9.00. The van der Waals surface area contributed by atoms with Crippen molar-refractivity contribution in [1.29, 1.82) is 0 Å². The third kappa shape index (κ3) is 2.26. The van der Waals surface area contributed by atoms with Gasteiger partial charge < -0.3 is 9.47 Å². The average molecular weight is 181 g/mol. The van der Waals surface area contributed by atoms with E-state index in [1.54, 1.807) is 0 Å². The zero-order chi connectivity index (χ0) is 9.68. The predicted octanol–water partition coefficient (Wildman–Crippen LogP) is 0.403. The smallest absolute Gasteiger partial charge is 0.356 e. The van der Waals surface area contributed by atoms with Crippen LogP contribution in [0.15, 0.2) is 18.2 Å². The summed E-state index contributed by atoms with van der Waals surface area (Å²) in [6.07, 6.45) is 0. The summed E-state index contributed by atoms with van der Waals surface area (Å²) in [6, 6.07) is 4.46. The minimum Gasteiger partial charge on any atom is -0.464 e. The van der Waals surface area contributed by atoms with Crippen molar-refractivity contribution in [2.45, 2.75) is 0 Å². The molecule has 0 aliphatic carbocycles. The van der Waals surface area contributed by atoms with E-state index in [9.17, 15) is 9.59 Å². The van der Waals surface area contributed by atoms with E-state index in [4.69, 9.17) is 0 Å². The van der Waals surface area contributed by atoms with Crippen LogP contribution in [0, 0.1) is 0 Å². The van der Waals surface area contributed by atoms with Gasteiger partial charge in [0.2, 0.25) is 5.88 Å². The molecular weight excluding hydrogens is 174 g/mol. The number of hydrogen-bond acceptors (Lipinski definition) is 5. The lowest BCUT2D eigenvalue weighted by Gasteiger charge is -1.99. The zero-order valence-corrected chi connectivity index (χ0v) is 6.89. The molecule has 0 radical (unpaired) electrons. The van der Waals surface area contributed by atoms with Gasteiger partial charge in [0, 0.05) is 6.07 Å². The van der Waals surface area contributed by atoms with Gasteiger partial charge in [0.05, 0.1) is 7.11 Å². The molecule has 1 aromatic heterocycles. The number of nitrogens with zero attached hydrogens (tertiary/aromatic N) is 1. The third-order valence-corrected chi connectivity index (χ3v) is 1.29. The van der Waals surface area contributed by atoms with Gasteiger partial charge in [-0.15, -0.1) is 0 Å². The maximum absolute atomic E-state index is 10.9. The van der Waals surface area contributed by atoms with Crippen molar-refractivity contribution in [3.05, 3.63) is 23.9 Å². The molecule has 1 heterocycles. The van der Waals surface area contributed by atoms with Crippen molar-refractivity contribution in [1.82, 2.24) is 4.98 Å². The minimum absolute atomic E-state index is 0.0675. The SMILES string of the molecule is COC(=O)c1cccc(OC=O)n1. The molecule has 0 amide bonds. The quantitative estimate of drug-likeness (QED) is 0.499. The Morgan fingerprint density at radius 3 is 2.92 bits per heavy atom. The molecule has 0 aromatic carbocycles. The van der Waals surface area contributed by atoms with Crippen LogP contribution in [0.25, 0.3) is 0 Å². The molecule has 68 valence electrons. The van der Waals surface area contributed by atoms with Crippen molar-refractivity contribution >= 4 is 12.4 Å². The fraction of sp³-hybridized carbons (Fsp3) is 0.125. The van der Waals surface area contributed by atoms with Gasteiger partial charge in [0.25, 0.3) is 6.47 Å². The highest BCUT2D eigenvalue weighted by Gasteiger charge is 2.07. The number of pyridine rings is 1. The Morgan fingerprint density at radius 2 is 2.31 bits per heavy atom. The first-order valence-electron chi connectivity index (χ1n) is 3.43. The molecule has 0 fully saturated rings. The molecule has 1 aromatic rings. The standard InChI is InChI=1S/C8H7NO4/c1-12-8(11)6-3-2-4-7(9-6)13-5-10/h2-5H,1H3. The van der Waals surface area contributed by atoms with Crippen molar-refractivity contribution < 1.29 is 19.1 Å². The number of methoxy groups -OCH3 is 1. The van der Waals surface area contributed by atoms with Crippen LogP contribution < -0.4 is 4.74 Å². The third-order valence-electron chi connectivity index (χ3n) is 1.29. The molecule has 0 atom stereocenters. The Balaban J connectivity index is 2.90. The number of carbonyl (C=O) groups is 2. The largest absolute Gasteiger partial charge is 0.464 e. The van der Waals surface area contributed by atoms with E-state index in [-0.39, 0.29) is 18.0 Å². The Morgan fingerprint density at radius 1 is 1.54 bits per heavy atom. The number of hydrogen-bond donors (Lipinski definition) is 0. The monoisotopic (exact) mass is 181 g/mol. The highest BCUT2D eigenvalue weighted by molar-refractivity contribution is 5.87. The highest BCUT2D eigenvalue weighted by Crippen LogP contribution is 2.07. The van der Waals surface area contributed by atoms with Crippen LogP contribution in [0.3, 0.4) is 0 Å². The minimum atomic E-state index is -0.573. The Kier molecular flexibility index (Phi) is 2.97. The van der Waals surface area contributed by atoms with Gasteiger partial charge in [0.1, 0.15) is 0 Å². The molecule has 0 aliphatic rings. The van der Waals surface area contributed by atoms with Gasteiger partial charge in [-0.2, -0.15) is 0 Å². The fourth-order valence-electron chi connectivity index (χ4n) is 0.748. The second kappa shape index (κ2) is 4.20. The first-order chi connectivity index (χ1) is 6.27. The summed E-state index contributed by atoms with van der Waals surface area (Å²) in [5, 5.41) is 0. The van der Waals surface area contributed by atoms with E-state index in [0.717, 1.165) is 0 Å².